The van der Waals surface area contributed by atoms with Gasteiger partial charge in [-0.05, 0) is 44.0 Å². The maximum Gasteiger partial charge on any atom is 0.344 e. The van der Waals surface area contributed by atoms with Crippen LogP contribution in [0.4, 0.5) is 0 Å². The molecule has 27 heavy (non-hydrogen) atoms. The Morgan fingerprint density at radius 2 is 1.63 bits per heavy atom. The molecule has 0 spiro atoms. The lowest BCUT2D eigenvalue weighted by atomic mass is 9.97. The van der Waals surface area contributed by atoms with Gasteiger partial charge in [0.1, 0.15) is 11.5 Å². The molecule has 1 aliphatic rings. The monoisotopic (exact) mass is 379 g/mol. The Morgan fingerprint density at radius 1 is 1.00 bits per heavy atom. The predicted molar refractivity (Wildman–Crippen MR) is 95.4 cm³/mol. The van der Waals surface area contributed by atoms with Crippen molar-refractivity contribution in [2.24, 2.45) is 5.92 Å². The van der Waals surface area contributed by atoms with Crippen molar-refractivity contribution in [3.63, 3.8) is 0 Å². The maximum absolute atomic E-state index is 12.1. The molecule has 0 saturated carbocycles. The average molecular weight is 379 g/mol. The lowest BCUT2D eigenvalue weighted by Gasteiger charge is -2.30. The van der Waals surface area contributed by atoms with Gasteiger partial charge in [-0.15, -0.1) is 0 Å². The zero-order chi connectivity index (χ0) is 19.6. The van der Waals surface area contributed by atoms with Crippen molar-refractivity contribution in [1.29, 1.82) is 0 Å². The molecule has 0 atom stereocenters. The fourth-order valence-electron chi connectivity index (χ4n) is 2.71. The van der Waals surface area contributed by atoms with Gasteiger partial charge >= 0.3 is 11.9 Å². The zero-order valence-corrected chi connectivity index (χ0v) is 15.6. The number of hydrogen-bond acceptors (Lipinski definition) is 7. The van der Waals surface area contributed by atoms with E-state index in [0.29, 0.717) is 44.0 Å². The van der Waals surface area contributed by atoms with Gasteiger partial charge in [-0.1, -0.05) is 0 Å². The second-order valence-corrected chi connectivity index (χ2v) is 6.03. The zero-order valence-electron chi connectivity index (χ0n) is 15.6. The first-order chi connectivity index (χ1) is 13.0. The predicted octanol–water partition coefficient (Wildman–Crippen LogP) is 1.42. The standard InChI is InChI=1S/C19H25NO7/c1-3-25-19(23)14-8-10-20(11-9-14)17(21)12-27-18(22)13-26-16-6-4-15(24-2)5-7-16/h4-7,14H,3,8-13H2,1-2H3. The van der Waals surface area contributed by atoms with Crippen molar-refractivity contribution in [2.75, 3.05) is 40.0 Å². The highest BCUT2D eigenvalue weighted by Gasteiger charge is 2.28. The molecule has 1 amide bonds. The molecule has 1 aromatic rings. The number of ether oxygens (including phenoxy) is 4. The van der Waals surface area contributed by atoms with Crippen LogP contribution >= 0.6 is 0 Å². The number of likely N-dealkylation sites (tertiary alicyclic amines) is 1. The number of piperidine rings is 1. The highest BCUT2D eigenvalue weighted by Crippen LogP contribution is 2.19. The van der Waals surface area contributed by atoms with E-state index in [2.05, 4.69) is 0 Å². The van der Waals surface area contributed by atoms with Crippen molar-refractivity contribution in [1.82, 2.24) is 4.90 Å². The van der Waals surface area contributed by atoms with Gasteiger partial charge in [-0.25, -0.2) is 4.79 Å². The quantitative estimate of drug-likeness (QED) is 0.631. The summed E-state index contributed by atoms with van der Waals surface area (Å²) in [5.41, 5.74) is 0. The van der Waals surface area contributed by atoms with E-state index < -0.39 is 5.97 Å². The molecule has 8 nitrogen and oxygen atoms in total. The first-order valence-corrected chi connectivity index (χ1v) is 8.90. The van der Waals surface area contributed by atoms with Crippen LogP contribution in [0.25, 0.3) is 0 Å². The molecule has 0 aromatic heterocycles. The van der Waals surface area contributed by atoms with Crippen LogP contribution in [0.15, 0.2) is 24.3 Å². The number of methoxy groups -OCH3 is 1. The summed E-state index contributed by atoms with van der Waals surface area (Å²) < 4.78 is 20.3. The van der Waals surface area contributed by atoms with Crippen molar-refractivity contribution in [3.8, 4) is 11.5 Å². The molecule has 0 unspecified atom stereocenters. The van der Waals surface area contributed by atoms with E-state index in [1.165, 1.54) is 0 Å². The molecule has 0 N–H and O–H groups in total. The third-order valence-electron chi connectivity index (χ3n) is 4.24. The van der Waals surface area contributed by atoms with Crippen LogP contribution < -0.4 is 9.47 Å². The molecular weight excluding hydrogens is 354 g/mol. The largest absolute Gasteiger partial charge is 0.497 e. The Balaban J connectivity index is 1.66. The lowest BCUT2D eigenvalue weighted by molar-refractivity contribution is -0.155. The smallest absolute Gasteiger partial charge is 0.344 e. The van der Waals surface area contributed by atoms with Gasteiger partial charge in [-0.3, -0.25) is 9.59 Å². The van der Waals surface area contributed by atoms with E-state index in [0.717, 1.165) is 0 Å². The maximum atomic E-state index is 12.1. The summed E-state index contributed by atoms with van der Waals surface area (Å²) in [6, 6.07) is 6.77. The Hall–Kier alpha value is -2.77. The van der Waals surface area contributed by atoms with E-state index in [1.54, 1.807) is 43.2 Å². The number of amides is 1. The van der Waals surface area contributed by atoms with Gasteiger partial charge in [0.2, 0.25) is 0 Å². The number of nitrogens with zero attached hydrogens (tertiary/aromatic N) is 1. The second-order valence-electron chi connectivity index (χ2n) is 6.03. The third kappa shape index (κ3) is 6.47. The lowest BCUT2D eigenvalue weighted by Crippen LogP contribution is -2.42. The molecule has 1 heterocycles. The molecular formula is C19H25NO7. The number of esters is 2. The molecule has 0 aliphatic carbocycles. The second kappa shape index (κ2) is 10.4. The molecule has 1 fully saturated rings. The minimum absolute atomic E-state index is 0.172. The van der Waals surface area contributed by atoms with Crippen molar-refractivity contribution in [2.45, 2.75) is 19.8 Å². The fourth-order valence-corrected chi connectivity index (χ4v) is 2.71. The minimum Gasteiger partial charge on any atom is -0.497 e. The van der Waals surface area contributed by atoms with Crippen molar-refractivity contribution < 1.29 is 33.3 Å². The fraction of sp³-hybridized carbons (Fsp3) is 0.526. The highest BCUT2D eigenvalue weighted by atomic mass is 16.6. The van der Waals surface area contributed by atoms with E-state index in [9.17, 15) is 14.4 Å². The molecule has 1 aliphatic heterocycles. The van der Waals surface area contributed by atoms with Gasteiger partial charge in [0.15, 0.2) is 13.2 Å². The normalized spacial score (nSPS) is 14.4. The number of carbonyl (C=O) groups is 3. The van der Waals surface area contributed by atoms with Gasteiger partial charge in [0, 0.05) is 13.1 Å². The van der Waals surface area contributed by atoms with E-state index in [1.807, 2.05) is 0 Å². The molecule has 8 heteroatoms. The molecule has 148 valence electrons. The first kappa shape index (κ1) is 20.5. The summed E-state index contributed by atoms with van der Waals surface area (Å²) in [6.07, 6.45) is 1.11. The summed E-state index contributed by atoms with van der Waals surface area (Å²) in [6.45, 7) is 2.39. The van der Waals surface area contributed by atoms with Crippen LogP contribution in [0.5, 0.6) is 11.5 Å². The van der Waals surface area contributed by atoms with Crippen LogP contribution in [0.3, 0.4) is 0 Å². The summed E-state index contributed by atoms with van der Waals surface area (Å²) in [5.74, 6) is -0.112. The third-order valence-corrected chi connectivity index (χ3v) is 4.24. The highest BCUT2D eigenvalue weighted by molar-refractivity contribution is 5.81. The SMILES string of the molecule is CCOC(=O)C1CCN(C(=O)COC(=O)COc2ccc(OC)cc2)CC1. The van der Waals surface area contributed by atoms with Crippen LogP contribution in [0.2, 0.25) is 0 Å². The van der Waals surface area contributed by atoms with E-state index in [-0.39, 0.29) is 31.0 Å². The number of benzene rings is 1. The Bertz CT molecular complexity index is 636. The van der Waals surface area contributed by atoms with Crippen molar-refractivity contribution in [3.05, 3.63) is 24.3 Å². The summed E-state index contributed by atoms with van der Waals surface area (Å²) in [7, 11) is 1.56. The van der Waals surface area contributed by atoms with Gasteiger partial charge < -0.3 is 23.8 Å². The van der Waals surface area contributed by atoms with E-state index >= 15 is 0 Å². The number of hydrogen-bond donors (Lipinski definition) is 0. The van der Waals surface area contributed by atoms with Crippen LogP contribution in [0, 0.1) is 5.92 Å². The molecule has 1 saturated heterocycles. The van der Waals surface area contributed by atoms with Gasteiger partial charge in [-0.2, -0.15) is 0 Å². The molecule has 1 aromatic carbocycles. The molecule has 0 radical (unpaired) electrons. The molecule has 0 bridgehead atoms. The summed E-state index contributed by atoms with van der Waals surface area (Å²) >= 11 is 0. The first-order valence-electron chi connectivity index (χ1n) is 8.90. The Labute approximate surface area is 158 Å². The van der Waals surface area contributed by atoms with Crippen LogP contribution in [0.1, 0.15) is 19.8 Å². The topological polar surface area (TPSA) is 91.4 Å². The average Bonchev–Trinajstić information content (AvgIpc) is 2.71. The summed E-state index contributed by atoms with van der Waals surface area (Å²) in [4.78, 5) is 37.2. The number of carbonyl (C=O) groups excluding carboxylic acids is 3. The van der Waals surface area contributed by atoms with Gasteiger partial charge in [0.25, 0.3) is 5.91 Å². The van der Waals surface area contributed by atoms with Crippen LogP contribution in [-0.2, 0) is 23.9 Å². The Kier molecular flexibility index (Phi) is 7.91. The summed E-state index contributed by atoms with van der Waals surface area (Å²) in [5, 5.41) is 0. The van der Waals surface area contributed by atoms with Crippen molar-refractivity contribution >= 4 is 17.8 Å². The van der Waals surface area contributed by atoms with Crippen LogP contribution in [-0.4, -0.2) is 62.8 Å². The van der Waals surface area contributed by atoms with Gasteiger partial charge in [0.05, 0.1) is 19.6 Å². The molecule has 2 rings (SSSR count). The number of rotatable bonds is 8. The van der Waals surface area contributed by atoms with E-state index in [4.69, 9.17) is 18.9 Å². The minimum atomic E-state index is -0.624. The Morgan fingerprint density at radius 3 is 2.22 bits per heavy atom.